The molecule has 0 aliphatic carbocycles. The van der Waals surface area contributed by atoms with Gasteiger partial charge in [-0.3, -0.25) is 0 Å². The van der Waals surface area contributed by atoms with E-state index >= 15 is 0 Å². The number of nitrogens with zero attached hydrogens (tertiary/aromatic N) is 1. The lowest BCUT2D eigenvalue weighted by Crippen LogP contribution is -2.14. The quantitative estimate of drug-likeness (QED) is 0.251. The lowest BCUT2D eigenvalue weighted by Gasteiger charge is -2.21. The van der Waals surface area contributed by atoms with Gasteiger partial charge in [-0.05, 0) is 43.2 Å². The standard InChI is InChI=1S/C26H33NO3/c1-3-5-6-7-8-12-18-30-25(21-14-10-9-11-15-21)24-20-22(26(28)29-4-2)19-23-16-13-17-27(23)24/h9-11,13-17,19-20,25H,3-8,12,18H2,1-2H3. The van der Waals surface area contributed by atoms with E-state index in [2.05, 4.69) is 23.5 Å². The summed E-state index contributed by atoms with van der Waals surface area (Å²) in [6.07, 6.45) is 9.12. The highest BCUT2D eigenvalue weighted by Crippen LogP contribution is 2.29. The van der Waals surface area contributed by atoms with Crippen molar-refractivity contribution in [3.8, 4) is 0 Å². The number of hydrogen-bond acceptors (Lipinski definition) is 3. The van der Waals surface area contributed by atoms with Gasteiger partial charge in [0.25, 0.3) is 0 Å². The van der Waals surface area contributed by atoms with Crippen molar-refractivity contribution in [1.29, 1.82) is 0 Å². The van der Waals surface area contributed by atoms with Gasteiger partial charge in [0, 0.05) is 18.3 Å². The maximum Gasteiger partial charge on any atom is 0.338 e. The first-order valence-electron chi connectivity index (χ1n) is 11.2. The van der Waals surface area contributed by atoms with E-state index in [-0.39, 0.29) is 12.1 Å². The van der Waals surface area contributed by atoms with Crippen molar-refractivity contribution in [2.24, 2.45) is 0 Å². The zero-order chi connectivity index (χ0) is 21.2. The van der Waals surface area contributed by atoms with Gasteiger partial charge in [0.1, 0.15) is 6.10 Å². The number of carbonyl (C=O) groups excluding carboxylic acids is 1. The van der Waals surface area contributed by atoms with Crippen LogP contribution in [0.15, 0.2) is 60.8 Å². The summed E-state index contributed by atoms with van der Waals surface area (Å²) in [5.41, 5.74) is 3.54. The Morgan fingerprint density at radius 3 is 2.47 bits per heavy atom. The molecule has 1 atom stereocenters. The zero-order valence-electron chi connectivity index (χ0n) is 18.2. The largest absolute Gasteiger partial charge is 0.462 e. The van der Waals surface area contributed by atoms with Gasteiger partial charge >= 0.3 is 5.97 Å². The van der Waals surface area contributed by atoms with Gasteiger partial charge in [-0.15, -0.1) is 0 Å². The molecule has 0 N–H and O–H groups in total. The molecule has 30 heavy (non-hydrogen) atoms. The van der Waals surface area contributed by atoms with Gasteiger partial charge < -0.3 is 13.9 Å². The minimum atomic E-state index is -0.301. The van der Waals surface area contributed by atoms with Crippen LogP contribution >= 0.6 is 0 Å². The number of unbranched alkanes of at least 4 members (excludes halogenated alkanes) is 5. The molecule has 0 bridgehead atoms. The molecule has 0 aliphatic rings. The molecule has 0 radical (unpaired) electrons. The maximum atomic E-state index is 12.4. The number of rotatable bonds is 12. The van der Waals surface area contributed by atoms with Crippen LogP contribution in [0.25, 0.3) is 5.52 Å². The molecule has 1 aromatic carbocycles. The van der Waals surface area contributed by atoms with Gasteiger partial charge in [0.15, 0.2) is 0 Å². The molecule has 0 fully saturated rings. The zero-order valence-corrected chi connectivity index (χ0v) is 18.2. The van der Waals surface area contributed by atoms with Crippen LogP contribution in [0, 0.1) is 0 Å². The Hall–Kier alpha value is -2.59. The number of esters is 1. The van der Waals surface area contributed by atoms with Crippen LogP contribution in [0.3, 0.4) is 0 Å². The average Bonchev–Trinajstić information content (AvgIpc) is 3.25. The maximum absolute atomic E-state index is 12.4. The van der Waals surface area contributed by atoms with Crippen LogP contribution in [0.4, 0.5) is 0 Å². The van der Waals surface area contributed by atoms with Gasteiger partial charge in [-0.2, -0.15) is 0 Å². The molecular weight excluding hydrogens is 374 g/mol. The monoisotopic (exact) mass is 407 g/mol. The van der Waals surface area contributed by atoms with Crippen LogP contribution < -0.4 is 0 Å². The molecule has 160 valence electrons. The van der Waals surface area contributed by atoms with Crippen molar-refractivity contribution in [3.05, 3.63) is 77.6 Å². The van der Waals surface area contributed by atoms with Crippen molar-refractivity contribution < 1.29 is 14.3 Å². The van der Waals surface area contributed by atoms with E-state index in [1.54, 1.807) is 0 Å². The van der Waals surface area contributed by atoms with Crippen molar-refractivity contribution >= 4 is 11.5 Å². The topological polar surface area (TPSA) is 39.9 Å². The second kappa shape index (κ2) is 11.6. The third-order valence-electron chi connectivity index (χ3n) is 5.33. The molecule has 0 amide bonds. The summed E-state index contributed by atoms with van der Waals surface area (Å²) >= 11 is 0. The third-order valence-corrected chi connectivity index (χ3v) is 5.33. The summed E-state index contributed by atoms with van der Waals surface area (Å²) in [4.78, 5) is 12.4. The highest BCUT2D eigenvalue weighted by Gasteiger charge is 2.20. The number of ether oxygens (including phenoxy) is 2. The fourth-order valence-electron chi connectivity index (χ4n) is 3.77. The number of hydrogen-bond donors (Lipinski definition) is 0. The lowest BCUT2D eigenvalue weighted by atomic mass is 10.0. The highest BCUT2D eigenvalue weighted by molar-refractivity contribution is 5.91. The molecule has 3 aromatic rings. The van der Waals surface area contributed by atoms with Crippen LogP contribution in [-0.4, -0.2) is 23.6 Å². The predicted octanol–water partition coefficient (Wildman–Crippen LogP) is 6.58. The fourth-order valence-corrected chi connectivity index (χ4v) is 3.77. The van der Waals surface area contributed by atoms with Crippen molar-refractivity contribution in [2.75, 3.05) is 13.2 Å². The SMILES string of the molecule is CCCCCCCCOC(c1ccccc1)c1cc(C(=O)OCC)cc2cccn12. The first-order chi connectivity index (χ1) is 14.7. The van der Waals surface area contributed by atoms with E-state index in [9.17, 15) is 4.79 Å². The number of fused-ring (bicyclic) bond motifs is 1. The second-order valence-electron chi connectivity index (χ2n) is 7.62. The molecule has 0 saturated carbocycles. The van der Waals surface area contributed by atoms with E-state index in [0.29, 0.717) is 18.8 Å². The Morgan fingerprint density at radius 2 is 1.70 bits per heavy atom. The second-order valence-corrected chi connectivity index (χ2v) is 7.62. The summed E-state index contributed by atoms with van der Waals surface area (Å²) in [5.74, 6) is -0.301. The van der Waals surface area contributed by atoms with Gasteiger partial charge in [0.2, 0.25) is 0 Å². The Balaban J connectivity index is 1.85. The third kappa shape index (κ3) is 5.73. The first kappa shape index (κ1) is 22.1. The van der Waals surface area contributed by atoms with E-state index < -0.39 is 0 Å². The van der Waals surface area contributed by atoms with Crippen molar-refractivity contribution in [3.63, 3.8) is 0 Å². The predicted molar refractivity (Wildman–Crippen MR) is 121 cm³/mol. The summed E-state index contributed by atoms with van der Waals surface area (Å²) in [6.45, 7) is 5.11. The summed E-state index contributed by atoms with van der Waals surface area (Å²) in [7, 11) is 0. The van der Waals surface area contributed by atoms with Crippen LogP contribution in [0.2, 0.25) is 0 Å². The number of pyridine rings is 1. The Bertz CT molecular complexity index is 916. The molecular formula is C26H33NO3. The lowest BCUT2D eigenvalue weighted by molar-refractivity contribution is 0.0524. The molecule has 0 spiro atoms. The average molecular weight is 408 g/mol. The van der Waals surface area contributed by atoms with Crippen LogP contribution in [0.1, 0.15) is 80.1 Å². The van der Waals surface area contributed by atoms with E-state index in [0.717, 1.165) is 23.2 Å². The minimum absolute atomic E-state index is 0.244. The Labute approximate surface area is 179 Å². The van der Waals surface area contributed by atoms with Crippen molar-refractivity contribution in [2.45, 2.75) is 58.5 Å². The normalized spacial score (nSPS) is 12.2. The summed E-state index contributed by atoms with van der Waals surface area (Å²) < 4.78 is 13.8. The number of aromatic nitrogens is 1. The van der Waals surface area contributed by atoms with Crippen LogP contribution in [0.5, 0.6) is 0 Å². The molecule has 4 nitrogen and oxygen atoms in total. The molecule has 3 rings (SSSR count). The van der Waals surface area contributed by atoms with Gasteiger partial charge in [-0.1, -0.05) is 69.4 Å². The number of benzene rings is 1. The molecule has 4 heteroatoms. The van der Waals surface area contributed by atoms with E-state index in [4.69, 9.17) is 9.47 Å². The summed E-state index contributed by atoms with van der Waals surface area (Å²) in [6, 6.07) is 18.0. The molecule has 0 saturated heterocycles. The van der Waals surface area contributed by atoms with Crippen molar-refractivity contribution in [1.82, 2.24) is 4.40 Å². The highest BCUT2D eigenvalue weighted by atomic mass is 16.5. The van der Waals surface area contributed by atoms with Crippen LogP contribution in [-0.2, 0) is 9.47 Å². The minimum Gasteiger partial charge on any atom is -0.462 e. The summed E-state index contributed by atoms with van der Waals surface area (Å²) in [5, 5.41) is 0. The fraction of sp³-hybridized carbons (Fsp3) is 0.423. The Morgan fingerprint density at radius 1 is 0.933 bits per heavy atom. The van der Waals surface area contributed by atoms with Gasteiger partial charge in [-0.25, -0.2) is 4.79 Å². The molecule has 2 heterocycles. The van der Waals surface area contributed by atoms with Gasteiger partial charge in [0.05, 0.1) is 17.9 Å². The first-order valence-corrected chi connectivity index (χ1v) is 11.2. The van der Waals surface area contributed by atoms with E-state index in [1.807, 2.05) is 55.6 Å². The molecule has 2 aromatic heterocycles. The molecule has 0 aliphatic heterocycles. The molecule has 1 unspecified atom stereocenters. The Kier molecular flexibility index (Phi) is 8.52. The number of carbonyl (C=O) groups is 1. The van der Waals surface area contributed by atoms with E-state index in [1.165, 1.54) is 32.1 Å². The smallest absolute Gasteiger partial charge is 0.338 e.